The van der Waals surface area contributed by atoms with Gasteiger partial charge in [0, 0.05) is 16.7 Å². The molecule has 0 fully saturated rings. The fourth-order valence-corrected chi connectivity index (χ4v) is 3.35. The van der Waals surface area contributed by atoms with Crippen molar-refractivity contribution in [3.63, 3.8) is 0 Å². The molecule has 0 atom stereocenters. The average molecular weight is 282 g/mol. The zero-order chi connectivity index (χ0) is 13.1. The lowest BCUT2D eigenvalue weighted by Gasteiger charge is -2.02. The monoisotopic (exact) mass is 282 g/mol. The Bertz CT molecular complexity index is 581. The molecule has 4 nitrogen and oxygen atoms in total. The van der Waals surface area contributed by atoms with Crippen LogP contribution in [0.3, 0.4) is 0 Å². The summed E-state index contributed by atoms with van der Waals surface area (Å²) in [5, 5.41) is 10.5. The van der Waals surface area contributed by atoms with Gasteiger partial charge in [-0.2, -0.15) is 0 Å². The summed E-state index contributed by atoms with van der Waals surface area (Å²) >= 11 is 2.93. The number of carboxylic acid groups (broad SMARTS) is 1. The molecular formula is C12H14N2O2S2. The van der Waals surface area contributed by atoms with Crippen LogP contribution in [0.25, 0.3) is 10.2 Å². The van der Waals surface area contributed by atoms with Gasteiger partial charge >= 0.3 is 5.97 Å². The Balaban J connectivity index is 2.46. The summed E-state index contributed by atoms with van der Waals surface area (Å²) in [4.78, 5) is 21.8. The van der Waals surface area contributed by atoms with E-state index in [9.17, 15) is 4.79 Å². The van der Waals surface area contributed by atoms with E-state index in [1.807, 2.05) is 6.92 Å². The van der Waals surface area contributed by atoms with Gasteiger partial charge in [-0.3, -0.25) is 4.79 Å². The number of nitrogens with zero attached hydrogens (tertiary/aromatic N) is 2. The minimum atomic E-state index is -0.823. The molecule has 0 unspecified atom stereocenters. The van der Waals surface area contributed by atoms with E-state index in [1.165, 1.54) is 16.6 Å². The number of hydrogen-bond acceptors (Lipinski definition) is 5. The van der Waals surface area contributed by atoms with Gasteiger partial charge in [-0.25, -0.2) is 9.97 Å². The fourth-order valence-electron chi connectivity index (χ4n) is 1.56. The van der Waals surface area contributed by atoms with E-state index in [-0.39, 0.29) is 5.75 Å². The van der Waals surface area contributed by atoms with Crippen LogP contribution in [0.2, 0.25) is 0 Å². The highest BCUT2D eigenvalue weighted by molar-refractivity contribution is 8.00. The second-order valence-corrected chi connectivity index (χ2v) is 5.85. The Morgan fingerprint density at radius 2 is 2.17 bits per heavy atom. The smallest absolute Gasteiger partial charge is 0.313 e. The van der Waals surface area contributed by atoms with Gasteiger partial charge in [0.1, 0.15) is 15.7 Å². The molecule has 0 spiro atoms. The molecule has 18 heavy (non-hydrogen) atoms. The van der Waals surface area contributed by atoms with Gasteiger partial charge in [0.15, 0.2) is 0 Å². The van der Waals surface area contributed by atoms with E-state index in [2.05, 4.69) is 23.0 Å². The van der Waals surface area contributed by atoms with Crippen molar-refractivity contribution < 1.29 is 9.90 Å². The van der Waals surface area contributed by atoms with Crippen LogP contribution in [0.4, 0.5) is 0 Å². The van der Waals surface area contributed by atoms with Crippen molar-refractivity contribution in [1.82, 2.24) is 9.97 Å². The lowest BCUT2D eigenvalue weighted by Crippen LogP contribution is -2.00. The zero-order valence-electron chi connectivity index (χ0n) is 10.3. The second-order valence-electron chi connectivity index (χ2n) is 3.77. The zero-order valence-corrected chi connectivity index (χ0v) is 11.9. The summed E-state index contributed by atoms with van der Waals surface area (Å²) in [6.45, 7) is 4.10. The standard InChI is InChI=1S/C12H14N2O2S2/c1-3-7-5-8-11(17-6-10(15)16)13-9(4-2)14-12(8)18-7/h5H,3-4,6H2,1-2H3,(H,15,16). The first-order valence-corrected chi connectivity index (χ1v) is 7.58. The Kier molecular flexibility index (Phi) is 4.19. The first-order chi connectivity index (χ1) is 8.63. The van der Waals surface area contributed by atoms with Crippen molar-refractivity contribution >= 4 is 39.3 Å². The van der Waals surface area contributed by atoms with Gasteiger partial charge in [0.25, 0.3) is 0 Å². The van der Waals surface area contributed by atoms with Gasteiger partial charge < -0.3 is 5.11 Å². The molecule has 2 heterocycles. The summed E-state index contributed by atoms with van der Waals surface area (Å²) in [6.07, 6.45) is 1.72. The topological polar surface area (TPSA) is 63.1 Å². The van der Waals surface area contributed by atoms with Gasteiger partial charge in [0.2, 0.25) is 0 Å². The summed E-state index contributed by atoms with van der Waals surface area (Å²) in [5.41, 5.74) is 0. The Morgan fingerprint density at radius 1 is 1.39 bits per heavy atom. The minimum absolute atomic E-state index is 0.0343. The summed E-state index contributed by atoms with van der Waals surface area (Å²) in [6, 6.07) is 2.07. The van der Waals surface area contributed by atoms with Crippen LogP contribution in [-0.4, -0.2) is 26.8 Å². The molecule has 0 amide bonds. The molecule has 1 N–H and O–H groups in total. The number of carboxylic acids is 1. The van der Waals surface area contributed by atoms with Crippen LogP contribution in [0.1, 0.15) is 24.5 Å². The molecule has 0 saturated carbocycles. The molecule has 0 aliphatic rings. The highest BCUT2D eigenvalue weighted by Gasteiger charge is 2.12. The molecule has 96 valence electrons. The number of carbonyl (C=O) groups is 1. The highest BCUT2D eigenvalue weighted by atomic mass is 32.2. The number of fused-ring (bicyclic) bond motifs is 1. The van der Waals surface area contributed by atoms with E-state index >= 15 is 0 Å². The number of aryl methyl sites for hydroxylation is 2. The number of aromatic nitrogens is 2. The molecule has 0 saturated heterocycles. The summed E-state index contributed by atoms with van der Waals surface area (Å²) in [5.74, 6) is -0.0114. The third-order valence-corrected chi connectivity index (χ3v) is 4.60. The molecule has 2 aromatic heterocycles. The predicted molar refractivity (Wildman–Crippen MR) is 74.5 cm³/mol. The Hall–Kier alpha value is -1.14. The average Bonchev–Trinajstić information content (AvgIpc) is 2.78. The highest BCUT2D eigenvalue weighted by Crippen LogP contribution is 2.31. The van der Waals surface area contributed by atoms with Crippen LogP contribution in [0.15, 0.2) is 11.1 Å². The van der Waals surface area contributed by atoms with Crippen molar-refractivity contribution in [2.24, 2.45) is 0 Å². The Labute approximate surface area is 113 Å². The molecule has 0 radical (unpaired) electrons. The molecule has 0 aliphatic carbocycles. The summed E-state index contributed by atoms with van der Waals surface area (Å²) < 4.78 is 0. The maximum atomic E-state index is 10.7. The van der Waals surface area contributed by atoms with Crippen molar-refractivity contribution in [3.8, 4) is 0 Å². The van der Waals surface area contributed by atoms with Crippen LogP contribution in [0, 0.1) is 0 Å². The summed E-state index contributed by atoms with van der Waals surface area (Å²) in [7, 11) is 0. The van der Waals surface area contributed by atoms with Crippen LogP contribution in [-0.2, 0) is 17.6 Å². The van der Waals surface area contributed by atoms with Crippen LogP contribution >= 0.6 is 23.1 Å². The maximum absolute atomic E-state index is 10.7. The van der Waals surface area contributed by atoms with Gasteiger partial charge in [-0.05, 0) is 12.5 Å². The van der Waals surface area contributed by atoms with Crippen molar-refractivity contribution in [1.29, 1.82) is 0 Å². The predicted octanol–water partition coefficient (Wildman–Crippen LogP) is 2.99. The van der Waals surface area contributed by atoms with E-state index in [0.29, 0.717) is 0 Å². The maximum Gasteiger partial charge on any atom is 0.313 e. The third-order valence-electron chi connectivity index (χ3n) is 2.45. The van der Waals surface area contributed by atoms with Gasteiger partial charge in [0.05, 0.1) is 5.75 Å². The first kappa shape index (κ1) is 13.3. The van der Waals surface area contributed by atoms with Crippen LogP contribution in [0.5, 0.6) is 0 Å². The van der Waals surface area contributed by atoms with Crippen molar-refractivity contribution in [2.75, 3.05) is 5.75 Å². The van der Waals surface area contributed by atoms with E-state index < -0.39 is 5.97 Å². The fraction of sp³-hybridized carbons (Fsp3) is 0.417. The number of thioether (sulfide) groups is 1. The number of thiophene rings is 1. The van der Waals surface area contributed by atoms with E-state index in [4.69, 9.17) is 5.11 Å². The lowest BCUT2D eigenvalue weighted by molar-refractivity contribution is -0.133. The molecule has 0 aromatic carbocycles. The lowest BCUT2D eigenvalue weighted by atomic mass is 10.3. The SMILES string of the molecule is CCc1nc(SCC(=O)O)c2cc(CC)sc2n1. The van der Waals surface area contributed by atoms with Gasteiger partial charge in [-0.15, -0.1) is 11.3 Å². The minimum Gasteiger partial charge on any atom is -0.481 e. The third kappa shape index (κ3) is 2.81. The molecule has 2 rings (SSSR count). The van der Waals surface area contributed by atoms with E-state index in [0.717, 1.165) is 33.9 Å². The normalized spacial score (nSPS) is 11.0. The number of rotatable bonds is 5. The molecule has 0 aliphatic heterocycles. The largest absolute Gasteiger partial charge is 0.481 e. The van der Waals surface area contributed by atoms with Crippen molar-refractivity contribution in [3.05, 3.63) is 16.8 Å². The van der Waals surface area contributed by atoms with Gasteiger partial charge in [-0.1, -0.05) is 25.6 Å². The molecule has 0 bridgehead atoms. The molecule has 2 aromatic rings. The molecule has 6 heteroatoms. The second kappa shape index (κ2) is 5.67. The number of aliphatic carboxylic acids is 1. The first-order valence-electron chi connectivity index (χ1n) is 5.78. The van der Waals surface area contributed by atoms with Crippen LogP contribution < -0.4 is 0 Å². The molecular weight excluding hydrogens is 268 g/mol. The number of hydrogen-bond donors (Lipinski definition) is 1. The quantitative estimate of drug-likeness (QED) is 0.674. The van der Waals surface area contributed by atoms with E-state index in [1.54, 1.807) is 11.3 Å². The Morgan fingerprint density at radius 3 is 2.78 bits per heavy atom. The van der Waals surface area contributed by atoms with Crippen molar-refractivity contribution in [2.45, 2.75) is 31.7 Å².